The van der Waals surface area contributed by atoms with E-state index in [-0.39, 0.29) is 17.3 Å². The molecule has 3 heteroatoms. The van der Waals surface area contributed by atoms with Crippen molar-refractivity contribution in [2.45, 2.75) is 77.1 Å². The zero-order valence-corrected chi connectivity index (χ0v) is 12.1. The molecule has 5 unspecified atom stereocenters. The third kappa shape index (κ3) is 2.00. The van der Waals surface area contributed by atoms with Crippen LogP contribution in [0.3, 0.4) is 0 Å². The average molecular weight is 256 g/mol. The maximum Gasteiger partial charge on any atom is 0.0932 e. The molecular formula is C15H28O3. The van der Waals surface area contributed by atoms with Crippen LogP contribution in [0.25, 0.3) is 0 Å². The number of hydrogen-bond acceptors (Lipinski definition) is 3. The zero-order valence-electron chi connectivity index (χ0n) is 12.1. The summed E-state index contributed by atoms with van der Waals surface area (Å²) in [5, 5.41) is 31.7. The van der Waals surface area contributed by atoms with Crippen LogP contribution in [0.15, 0.2) is 0 Å². The summed E-state index contributed by atoms with van der Waals surface area (Å²) >= 11 is 0. The van der Waals surface area contributed by atoms with Gasteiger partial charge in [0.25, 0.3) is 0 Å². The number of hydrogen-bond donors (Lipinski definition) is 3. The van der Waals surface area contributed by atoms with Crippen LogP contribution in [0.5, 0.6) is 0 Å². The van der Waals surface area contributed by atoms with Crippen LogP contribution in [0, 0.1) is 17.3 Å². The zero-order chi connectivity index (χ0) is 13.8. The summed E-state index contributed by atoms with van der Waals surface area (Å²) in [7, 11) is 0. The Balaban J connectivity index is 2.33. The Bertz CT molecular complexity index is 326. The second kappa shape index (κ2) is 4.19. The molecule has 0 aromatic carbocycles. The first-order valence-electron chi connectivity index (χ1n) is 7.25. The van der Waals surface area contributed by atoms with Crippen LogP contribution >= 0.6 is 0 Å². The largest absolute Gasteiger partial charge is 0.390 e. The molecule has 0 aromatic rings. The van der Waals surface area contributed by atoms with Gasteiger partial charge in [-0.1, -0.05) is 27.2 Å². The molecule has 2 saturated carbocycles. The smallest absolute Gasteiger partial charge is 0.0932 e. The molecule has 0 aromatic heterocycles. The van der Waals surface area contributed by atoms with Crippen molar-refractivity contribution in [3.05, 3.63) is 0 Å². The van der Waals surface area contributed by atoms with Crippen molar-refractivity contribution in [3.63, 3.8) is 0 Å². The standard InChI is InChI=1S/C15H28O3/c1-10(2)15(18)8-11-13(3,9-12(15)16)6-5-7-14(11,4)17/h10-12,16-18H,5-9H2,1-4H3. The summed E-state index contributed by atoms with van der Waals surface area (Å²) in [6.45, 7) is 7.95. The highest BCUT2D eigenvalue weighted by molar-refractivity contribution is 5.09. The minimum Gasteiger partial charge on any atom is -0.390 e. The average Bonchev–Trinajstić information content (AvgIpc) is 2.21. The van der Waals surface area contributed by atoms with E-state index in [2.05, 4.69) is 6.92 Å². The van der Waals surface area contributed by atoms with Gasteiger partial charge in [-0.25, -0.2) is 0 Å². The summed E-state index contributed by atoms with van der Waals surface area (Å²) in [6.07, 6.45) is 3.29. The highest BCUT2D eigenvalue weighted by Crippen LogP contribution is 2.57. The summed E-state index contributed by atoms with van der Waals surface area (Å²) < 4.78 is 0. The van der Waals surface area contributed by atoms with Gasteiger partial charge in [0.2, 0.25) is 0 Å². The van der Waals surface area contributed by atoms with Gasteiger partial charge < -0.3 is 15.3 Å². The van der Waals surface area contributed by atoms with Gasteiger partial charge in [-0.3, -0.25) is 0 Å². The van der Waals surface area contributed by atoms with E-state index in [1.54, 1.807) is 0 Å². The Kier molecular flexibility index (Phi) is 3.33. The van der Waals surface area contributed by atoms with E-state index in [9.17, 15) is 15.3 Å². The number of fused-ring (bicyclic) bond motifs is 1. The number of aliphatic hydroxyl groups is 3. The Morgan fingerprint density at radius 1 is 1.06 bits per heavy atom. The van der Waals surface area contributed by atoms with Crippen molar-refractivity contribution in [2.75, 3.05) is 0 Å². The van der Waals surface area contributed by atoms with Gasteiger partial charge in [0.05, 0.1) is 17.3 Å². The van der Waals surface area contributed by atoms with E-state index in [1.165, 1.54) is 0 Å². The molecule has 18 heavy (non-hydrogen) atoms. The van der Waals surface area contributed by atoms with Crippen molar-refractivity contribution < 1.29 is 15.3 Å². The normalized spacial score (nSPS) is 53.3. The summed E-state index contributed by atoms with van der Waals surface area (Å²) in [5.41, 5.74) is -1.80. The summed E-state index contributed by atoms with van der Waals surface area (Å²) in [6, 6.07) is 0. The topological polar surface area (TPSA) is 60.7 Å². The second-order valence-electron chi connectivity index (χ2n) is 7.49. The molecule has 3 N–H and O–H groups in total. The van der Waals surface area contributed by atoms with Gasteiger partial charge in [0.15, 0.2) is 0 Å². The minimum atomic E-state index is -1.05. The first kappa shape index (κ1) is 14.3. The molecular weight excluding hydrogens is 228 g/mol. The van der Waals surface area contributed by atoms with Gasteiger partial charge in [-0.2, -0.15) is 0 Å². The van der Waals surface area contributed by atoms with Crippen LogP contribution in [-0.4, -0.2) is 32.6 Å². The molecule has 2 aliphatic rings. The molecule has 0 spiro atoms. The Labute approximate surface area is 110 Å². The molecule has 0 aliphatic heterocycles. The van der Waals surface area contributed by atoms with Crippen LogP contribution in [-0.2, 0) is 0 Å². The van der Waals surface area contributed by atoms with Gasteiger partial charge >= 0.3 is 0 Å². The summed E-state index contributed by atoms with van der Waals surface area (Å²) in [5.74, 6) is 0.0873. The molecule has 106 valence electrons. The minimum absolute atomic E-state index is 0.00905. The Hall–Kier alpha value is -0.120. The molecule has 0 bridgehead atoms. The highest BCUT2D eigenvalue weighted by Gasteiger charge is 2.58. The third-order valence-electron chi connectivity index (χ3n) is 5.79. The molecule has 5 atom stereocenters. The first-order chi connectivity index (χ1) is 8.12. The van der Waals surface area contributed by atoms with Gasteiger partial charge in [-0.15, -0.1) is 0 Å². The number of rotatable bonds is 1. The molecule has 3 nitrogen and oxygen atoms in total. The quantitative estimate of drug-likeness (QED) is 0.673. The van der Waals surface area contributed by atoms with E-state index in [0.717, 1.165) is 19.3 Å². The van der Waals surface area contributed by atoms with Crippen molar-refractivity contribution in [3.8, 4) is 0 Å². The lowest BCUT2D eigenvalue weighted by molar-refractivity contribution is -0.218. The van der Waals surface area contributed by atoms with Gasteiger partial charge in [0, 0.05) is 0 Å². The Morgan fingerprint density at radius 2 is 1.67 bits per heavy atom. The lowest BCUT2D eigenvalue weighted by Gasteiger charge is -2.58. The second-order valence-corrected chi connectivity index (χ2v) is 7.49. The molecule has 2 rings (SSSR count). The molecule has 2 aliphatic carbocycles. The molecule has 0 radical (unpaired) electrons. The van der Waals surface area contributed by atoms with Crippen LogP contribution in [0.4, 0.5) is 0 Å². The van der Waals surface area contributed by atoms with Crippen molar-refractivity contribution in [1.29, 1.82) is 0 Å². The van der Waals surface area contributed by atoms with E-state index < -0.39 is 17.3 Å². The molecule has 0 saturated heterocycles. The molecule has 0 amide bonds. The van der Waals surface area contributed by atoms with Crippen LogP contribution in [0.1, 0.15) is 59.8 Å². The van der Waals surface area contributed by atoms with E-state index in [1.807, 2.05) is 20.8 Å². The van der Waals surface area contributed by atoms with Crippen LogP contribution in [0.2, 0.25) is 0 Å². The fraction of sp³-hybridized carbons (Fsp3) is 1.00. The van der Waals surface area contributed by atoms with Crippen molar-refractivity contribution >= 4 is 0 Å². The predicted molar refractivity (Wildman–Crippen MR) is 71.1 cm³/mol. The van der Waals surface area contributed by atoms with Gasteiger partial charge in [0.1, 0.15) is 0 Å². The first-order valence-corrected chi connectivity index (χ1v) is 7.25. The fourth-order valence-electron chi connectivity index (χ4n) is 4.36. The van der Waals surface area contributed by atoms with Gasteiger partial charge in [-0.05, 0) is 49.9 Å². The molecule has 0 heterocycles. The Morgan fingerprint density at radius 3 is 2.22 bits per heavy atom. The van der Waals surface area contributed by atoms with E-state index >= 15 is 0 Å². The third-order valence-corrected chi connectivity index (χ3v) is 5.79. The fourth-order valence-corrected chi connectivity index (χ4v) is 4.36. The highest BCUT2D eigenvalue weighted by atomic mass is 16.3. The monoisotopic (exact) mass is 256 g/mol. The van der Waals surface area contributed by atoms with E-state index in [4.69, 9.17) is 0 Å². The predicted octanol–water partition coefficient (Wildman–Crippen LogP) is 2.09. The number of aliphatic hydroxyl groups excluding tert-OH is 1. The van der Waals surface area contributed by atoms with Crippen molar-refractivity contribution in [1.82, 2.24) is 0 Å². The lowest BCUT2D eigenvalue weighted by atomic mass is 9.51. The SMILES string of the molecule is CC(C)C1(O)CC2C(C)(O)CCCC2(C)CC1O. The lowest BCUT2D eigenvalue weighted by Crippen LogP contribution is -2.62. The molecule has 2 fully saturated rings. The van der Waals surface area contributed by atoms with E-state index in [0.29, 0.717) is 12.8 Å². The van der Waals surface area contributed by atoms with Crippen molar-refractivity contribution in [2.24, 2.45) is 17.3 Å². The maximum absolute atomic E-state index is 10.7. The van der Waals surface area contributed by atoms with Crippen LogP contribution < -0.4 is 0 Å². The summed E-state index contributed by atoms with van der Waals surface area (Å²) in [4.78, 5) is 0. The maximum atomic E-state index is 10.7.